The first-order valence-electron chi connectivity index (χ1n) is 11.5. The molecule has 1 fully saturated rings. The lowest BCUT2D eigenvalue weighted by Gasteiger charge is -2.32. The predicted molar refractivity (Wildman–Crippen MR) is 122 cm³/mol. The Bertz CT molecular complexity index is 833. The van der Waals surface area contributed by atoms with Gasteiger partial charge in [0.05, 0.1) is 5.56 Å². The van der Waals surface area contributed by atoms with Crippen molar-refractivity contribution in [3.8, 4) is 11.5 Å². The number of aryl methyl sites for hydroxylation is 1. The minimum Gasteiger partial charge on any atom is -0.507 e. The molecule has 1 aliphatic heterocycles. The van der Waals surface area contributed by atoms with Gasteiger partial charge >= 0.3 is 0 Å². The van der Waals surface area contributed by atoms with Gasteiger partial charge in [0.1, 0.15) is 11.5 Å². The van der Waals surface area contributed by atoms with E-state index in [9.17, 15) is 15.0 Å². The molecule has 30 heavy (non-hydrogen) atoms. The number of rotatable bonds is 7. The molecule has 0 saturated carbocycles. The van der Waals surface area contributed by atoms with Gasteiger partial charge in [-0.3, -0.25) is 4.79 Å². The standard InChI is InChI=1S/C26H37NO3/c1-5-6-7-10-19-16-22(28)24(21-15-18(4)11-12-20(21)17(2)3)25(29)23(19)26(30)27-13-8-9-14-27/h15-16,20-21,28-29H,2,5-14H2,1,3-4H3. The summed E-state index contributed by atoms with van der Waals surface area (Å²) in [6.07, 6.45) is 9.84. The number of unbranched alkanes of at least 4 members (excludes halogenated alkanes) is 2. The number of carbonyl (C=O) groups is 1. The Morgan fingerprint density at radius 2 is 1.93 bits per heavy atom. The summed E-state index contributed by atoms with van der Waals surface area (Å²) in [6, 6.07) is 1.74. The summed E-state index contributed by atoms with van der Waals surface area (Å²) in [5, 5.41) is 22.4. The van der Waals surface area contributed by atoms with Gasteiger partial charge in [0, 0.05) is 24.6 Å². The molecule has 1 aromatic carbocycles. The van der Waals surface area contributed by atoms with E-state index in [-0.39, 0.29) is 29.2 Å². The van der Waals surface area contributed by atoms with Gasteiger partial charge in [0.2, 0.25) is 0 Å². The van der Waals surface area contributed by atoms with Crippen molar-refractivity contribution in [1.82, 2.24) is 4.90 Å². The maximum Gasteiger partial charge on any atom is 0.257 e. The molecule has 1 aliphatic carbocycles. The number of hydrogen-bond acceptors (Lipinski definition) is 3. The van der Waals surface area contributed by atoms with Crippen LogP contribution in [-0.4, -0.2) is 34.1 Å². The molecule has 0 bridgehead atoms. The number of phenols is 2. The Morgan fingerprint density at radius 3 is 2.57 bits per heavy atom. The molecule has 2 unspecified atom stereocenters. The average Bonchev–Trinajstić information content (AvgIpc) is 3.22. The van der Waals surface area contributed by atoms with E-state index < -0.39 is 0 Å². The van der Waals surface area contributed by atoms with Crippen molar-refractivity contribution in [1.29, 1.82) is 0 Å². The minimum atomic E-state index is -0.161. The van der Waals surface area contributed by atoms with E-state index in [1.165, 1.54) is 5.57 Å². The van der Waals surface area contributed by atoms with Gasteiger partial charge in [-0.05, 0) is 69.9 Å². The molecule has 2 N–H and O–H groups in total. The average molecular weight is 412 g/mol. The smallest absolute Gasteiger partial charge is 0.257 e. The van der Waals surface area contributed by atoms with Crippen molar-refractivity contribution in [3.63, 3.8) is 0 Å². The van der Waals surface area contributed by atoms with E-state index in [0.29, 0.717) is 17.5 Å². The van der Waals surface area contributed by atoms with Gasteiger partial charge in [-0.25, -0.2) is 0 Å². The third-order valence-electron chi connectivity index (χ3n) is 6.77. The number of carbonyl (C=O) groups excluding carboxylic acids is 1. The number of likely N-dealkylation sites (tertiary alicyclic amines) is 1. The molecule has 4 heteroatoms. The lowest BCUT2D eigenvalue weighted by molar-refractivity contribution is 0.0788. The van der Waals surface area contributed by atoms with E-state index in [0.717, 1.165) is 69.2 Å². The maximum absolute atomic E-state index is 13.4. The topological polar surface area (TPSA) is 60.8 Å². The van der Waals surface area contributed by atoms with E-state index in [2.05, 4.69) is 26.5 Å². The number of aromatic hydroxyl groups is 2. The van der Waals surface area contributed by atoms with E-state index in [1.807, 2.05) is 11.8 Å². The Balaban J connectivity index is 2.11. The Morgan fingerprint density at radius 1 is 1.23 bits per heavy atom. The maximum atomic E-state index is 13.4. The zero-order valence-electron chi connectivity index (χ0n) is 18.8. The molecule has 164 valence electrons. The summed E-state index contributed by atoms with van der Waals surface area (Å²) >= 11 is 0. The third-order valence-corrected chi connectivity index (χ3v) is 6.77. The van der Waals surface area contributed by atoms with Crippen LogP contribution in [0.1, 0.15) is 93.1 Å². The van der Waals surface area contributed by atoms with E-state index >= 15 is 0 Å². The van der Waals surface area contributed by atoms with Gasteiger partial charge in [-0.15, -0.1) is 0 Å². The lowest BCUT2D eigenvalue weighted by atomic mass is 9.73. The van der Waals surface area contributed by atoms with Crippen molar-refractivity contribution in [3.05, 3.63) is 46.6 Å². The van der Waals surface area contributed by atoms with Crippen LogP contribution in [0.5, 0.6) is 11.5 Å². The van der Waals surface area contributed by atoms with Gasteiger partial charge in [-0.1, -0.05) is 43.6 Å². The molecule has 4 nitrogen and oxygen atoms in total. The molecule has 0 aromatic heterocycles. The zero-order valence-corrected chi connectivity index (χ0v) is 18.8. The second-order valence-electron chi connectivity index (χ2n) is 9.18. The SMILES string of the molecule is C=C(C)C1CCC(C)=CC1c1c(O)cc(CCCCC)c(C(=O)N2CCCC2)c1O. The molecule has 2 atom stereocenters. The molecular formula is C26H37NO3. The van der Waals surface area contributed by atoms with Crippen LogP contribution >= 0.6 is 0 Å². The van der Waals surface area contributed by atoms with Gasteiger partial charge in [0.25, 0.3) is 5.91 Å². The highest BCUT2D eigenvalue weighted by Gasteiger charge is 2.34. The monoisotopic (exact) mass is 411 g/mol. The molecule has 0 radical (unpaired) electrons. The highest BCUT2D eigenvalue weighted by molar-refractivity contribution is 5.99. The Kier molecular flexibility index (Phi) is 7.27. The number of nitrogens with zero attached hydrogens (tertiary/aromatic N) is 1. The third kappa shape index (κ3) is 4.58. The molecule has 1 saturated heterocycles. The van der Waals surface area contributed by atoms with E-state index in [4.69, 9.17) is 0 Å². The molecule has 3 rings (SSSR count). The largest absolute Gasteiger partial charge is 0.507 e. The summed E-state index contributed by atoms with van der Waals surface area (Å²) in [7, 11) is 0. The minimum absolute atomic E-state index is 0.0272. The van der Waals surface area contributed by atoms with Crippen LogP contribution in [0.15, 0.2) is 29.9 Å². The second kappa shape index (κ2) is 9.72. The molecule has 1 aromatic rings. The summed E-state index contributed by atoms with van der Waals surface area (Å²) < 4.78 is 0. The number of phenolic OH excluding ortho intramolecular Hbond substituents is 2. The lowest BCUT2D eigenvalue weighted by Crippen LogP contribution is -2.29. The van der Waals surface area contributed by atoms with Crippen LogP contribution in [0.4, 0.5) is 0 Å². The van der Waals surface area contributed by atoms with Crippen LogP contribution < -0.4 is 0 Å². The predicted octanol–water partition coefficient (Wildman–Crippen LogP) is 6.08. The Labute approximate surface area is 181 Å². The molecule has 1 heterocycles. The fourth-order valence-corrected chi connectivity index (χ4v) is 5.04. The first-order chi connectivity index (χ1) is 14.3. The number of benzene rings is 1. The van der Waals surface area contributed by atoms with Crippen LogP contribution in [0.25, 0.3) is 0 Å². The van der Waals surface area contributed by atoms with Crippen molar-refractivity contribution in [2.45, 2.75) is 78.1 Å². The van der Waals surface area contributed by atoms with Crippen molar-refractivity contribution in [2.75, 3.05) is 13.1 Å². The second-order valence-corrected chi connectivity index (χ2v) is 9.18. The van der Waals surface area contributed by atoms with Gasteiger partial charge in [-0.2, -0.15) is 0 Å². The van der Waals surface area contributed by atoms with Crippen LogP contribution in [0.3, 0.4) is 0 Å². The van der Waals surface area contributed by atoms with Crippen molar-refractivity contribution < 1.29 is 15.0 Å². The summed E-state index contributed by atoms with van der Waals surface area (Å²) in [4.78, 5) is 15.2. The molecule has 0 spiro atoms. The first kappa shape index (κ1) is 22.5. The fourth-order valence-electron chi connectivity index (χ4n) is 5.04. The fraction of sp³-hybridized carbons (Fsp3) is 0.577. The zero-order chi connectivity index (χ0) is 21.8. The summed E-state index contributed by atoms with van der Waals surface area (Å²) in [6.45, 7) is 11.9. The van der Waals surface area contributed by atoms with Crippen molar-refractivity contribution in [2.24, 2.45) is 5.92 Å². The van der Waals surface area contributed by atoms with Crippen LogP contribution in [-0.2, 0) is 6.42 Å². The van der Waals surface area contributed by atoms with Crippen molar-refractivity contribution >= 4 is 5.91 Å². The molecule has 2 aliphatic rings. The van der Waals surface area contributed by atoms with Crippen LogP contribution in [0, 0.1) is 5.92 Å². The highest BCUT2D eigenvalue weighted by Crippen LogP contribution is 2.48. The quantitative estimate of drug-likeness (QED) is 0.422. The van der Waals surface area contributed by atoms with Crippen LogP contribution in [0.2, 0.25) is 0 Å². The number of hydrogen-bond donors (Lipinski definition) is 2. The normalized spacial score (nSPS) is 21.6. The molecular weight excluding hydrogens is 374 g/mol. The summed E-state index contributed by atoms with van der Waals surface area (Å²) in [5.41, 5.74) is 3.95. The Hall–Kier alpha value is -2.23. The highest BCUT2D eigenvalue weighted by atomic mass is 16.3. The summed E-state index contributed by atoms with van der Waals surface area (Å²) in [5.74, 6) is -0.0434. The van der Waals surface area contributed by atoms with Gasteiger partial charge in [0.15, 0.2) is 0 Å². The molecule has 1 amide bonds. The number of amides is 1. The van der Waals surface area contributed by atoms with E-state index in [1.54, 1.807) is 6.07 Å². The first-order valence-corrected chi connectivity index (χ1v) is 11.5. The number of allylic oxidation sites excluding steroid dienone is 3. The van der Waals surface area contributed by atoms with Gasteiger partial charge < -0.3 is 15.1 Å².